The minimum atomic E-state index is 0.217. The summed E-state index contributed by atoms with van der Waals surface area (Å²) in [5, 5.41) is 7.15. The van der Waals surface area contributed by atoms with E-state index >= 15 is 0 Å². The van der Waals surface area contributed by atoms with E-state index in [-0.39, 0.29) is 6.61 Å². The van der Waals surface area contributed by atoms with Crippen LogP contribution in [0.3, 0.4) is 0 Å². The zero-order chi connectivity index (χ0) is 22.2. The van der Waals surface area contributed by atoms with Crippen molar-refractivity contribution in [1.29, 1.82) is 0 Å². The minimum absolute atomic E-state index is 0.217. The van der Waals surface area contributed by atoms with Crippen LogP contribution in [0.4, 0.5) is 5.69 Å². The molecule has 1 aromatic heterocycles. The van der Waals surface area contributed by atoms with Crippen LogP contribution in [-0.2, 0) is 6.61 Å². The van der Waals surface area contributed by atoms with E-state index in [1.807, 2.05) is 30.3 Å². The number of nitrogens with zero attached hydrogens (tertiary/aromatic N) is 4. The number of rotatable bonds is 6. The standard InChI is InChI=1S/C26H25ClN4O2/c27-20-7-4-19(5-8-20)26-28-25(33-29-26)17-32-22-11-6-18-2-1-3-24(23(18)16-22)31-14-12-30(13-15-31)21-9-10-21/h1-8,11,16,21H,9-10,12-15,17H2. The SMILES string of the molecule is Clc1ccc(-c2noc(COc3ccc4cccc(N5CCN(C6CC6)CC5)c4c3)n2)cc1. The summed E-state index contributed by atoms with van der Waals surface area (Å²) in [6.07, 6.45) is 2.74. The predicted octanol–water partition coefficient (Wildman–Crippen LogP) is 5.41. The number of anilines is 1. The Kier molecular flexibility index (Phi) is 5.40. The Balaban J connectivity index is 1.17. The van der Waals surface area contributed by atoms with Gasteiger partial charge in [-0.3, -0.25) is 4.90 Å². The predicted molar refractivity (Wildman–Crippen MR) is 130 cm³/mol. The van der Waals surface area contributed by atoms with Crippen molar-refractivity contribution >= 4 is 28.1 Å². The molecule has 6 rings (SSSR count). The van der Waals surface area contributed by atoms with Gasteiger partial charge in [0.2, 0.25) is 5.82 Å². The van der Waals surface area contributed by atoms with Crippen LogP contribution in [0.25, 0.3) is 22.2 Å². The molecule has 3 aromatic carbocycles. The van der Waals surface area contributed by atoms with Crippen molar-refractivity contribution in [2.75, 3.05) is 31.1 Å². The van der Waals surface area contributed by atoms with E-state index in [9.17, 15) is 0 Å². The summed E-state index contributed by atoms with van der Waals surface area (Å²) >= 11 is 5.96. The molecule has 0 bridgehead atoms. The number of halogens is 1. The van der Waals surface area contributed by atoms with Gasteiger partial charge in [0.15, 0.2) is 6.61 Å². The van der Waals surface area contributed by atoms with E-state index in [1.165, 1.54) is 29.3 Å². The molecule has 7 heteroatoms. The second kappa shape index (κ2) is 8.69. The molecule has 0 spiro atoms. The van der Waals surface area contributed by atoms with E-state index in [4.69, 9.17) is 20.9 Å². The fraction of sp³-hybridized carbons (Fsp3) is 0.308. The maximum atomic E-state index is 6.02. The maximum Gasteiger partial charge on any atom is 0.264 e. The highest BCUT2D eigenvalue weighted by atomic mass is 35.5. The Morgan fingerprint density at radius 1 is 0.970 bits per heavy atom. The molecule has 2 heterocycles. The number of benzene rings is 3. The topological polar surface area (TPSA) is 54.6 Å². The molecular formula is C26H25ClN4O2. The van der Waals surface area contributed by atoms with E-state index in [1.54, 1.807) is 0 Å². The Bertz CT molecular complexity index is 1260. The highest BCUT2D eigenvalue weighted by Gasteiger charge is 2.31. The Morgan fingerprint density at radius 3 is 2.58 bits per heavy atom. The summed E-state index contributed by atoms with van der Waals surface area (Å²) < 4.78 is 11.4. The van der Waals surface area contributed by atoms with Crippen LogP contribution in [0.2, 0.25) is 5.02 Å². The van der Waals surface area contributed by atoms with Crippen LogP contribution >= 0.6 is 11.6 Å². The van der Waals surface area contributed by atoms with Crippen molar-refractivity contribution in [3.8, 4) is 17.1 Å². The molecule has 6 nitrogen and oxygen atoms in total. The fourth-order valence-electron chi connectivity index (χ4n) is 4.54. The minimum Gasteiger partial charge on any atom is -0.484 e. The van der Waals surface area contributed by atoms with Crippen molar-refractivity contribution < 1.29 is 9.26 Å². The zero-order valence-corrected chi connectivity index (χ0v) is 19.0. The van der Waals surface area contributed by atoms with E-state index in [2.05, 4.69) is 50.3 Å². The van der Waals surface area contributed by atoms with Gasteiger partial charge in [-0.05, 0) is 60.7 Å². The monoisotopic (exact) mass is 460 g/mol. The number of piperazine rings is 1. The Hall–Kier alpha value is -3.09. The highest BCUT2D eigenvalue weighted by Crippen LogP contribution is 2.33. The molecule has 1 saturated carbocycles. The normalized spacial score (nSPS) is 16.9. The molecule has 4 aromatic rings. The summed E-state index contributed by atoms with van der Waals surface area (Å²) in [5.74, 6) is 1.75. The van der Waals surface area contributed by atoms with Gasteiger partial charge in [0.05, 0.1) is 0 Å². The molecule has 0 radical (unpaired) electrons. The van der Waals surface area contributed by atoms with Crippen molar-refractivity contribution in [3.05, 3.63) is 71.6 Å². The van der Waals surface area contributed by atoms with Gasteiger partial charge < -0.3 is 14.2 Å². The molecule has 0 N–H and O–H groups in total. The summed E-state index contributed by atoms with van der Waals surface area (Å²) in [6.45, 7) is 4.63. The van der Waals surface area contributed by atoms with Crippen LogP contribution in [-0.4, -0.2) is 47.3 Å². The van der Waals surface area contributed by atoms with Gasteiger partial charge >= 0.3 is 0 Å². The number of hydrogen-bond donors (Lipinski definition) is 0. The quantitative estimate of drug-likeness (QED) is 0.383. The number of aromatic nitrogens is 2. The second-order valence-corrected chi connectivity index (χ2v) is 9.16. The third-order valence-corrected chi connectivity index (χ3v) is 6.73. The van der Waals surface area contributed by atoms with Gasteiger partial charge in [-0.2, -0.15) is 4.98 Å². The third-order valence-electron chi connectivity index (χ3n) is 6.48. The van der Waals surface area contributed by atoms with Gasteiger partial charge in [0, 0.05) is 53.9 Å². The maximum absolute atomic E-state index is 6.02. The summed E-state index contributed by atoms with van der Waals surface area (Å²) in [5.41, 5.74) is 2.13. The highest BCUT2D eigenvalue weighted by molar-refractivity contribution is 6.30. The summed E-state index contributed by atoms with van der Waals surface area (Å²) in [6, 6.07) is 20.9. The van der Waals surface area contributed by atoms with Crippen molar-refractivity contribution in [2.45, 2.75) is 25.5 Å². The molecule has 0 amide bonds. The van der Waals surface area contributed by atoms with Gasteiger partial charge in [-0.15, -0.1) is 0 Å². The summed E-state index contributed by atoms with van der Waals surface area (Å²) in [4.78, 5) is 9.59. The van der Waals surface area contributed by atoms with Gasteiger partial charge in [0.25, 0.3) is 5.89 Å². The molecule has 0 unspecified atom stereocenters. The molecule has 0 atom stereocenters. The lowest BCUT2D eigenvalue weighted by atomic mass is 10.1. The number of fused-ring (bicyclic) bond motifs is 1. The molecule has 2 fully saturated rings. The van der Waals surface area contributed by atoms with E-state index < -0.39 is 0 Å². The van der Waals surface area contributed by atoms with Crippen molar-refractivity contribution in [3.63, 3.8) is 0 Å². The molecule has 1 aliphatic heterocycles. The van der Waals surface area contributed by atoms with Crippen LogP contribution in [0.5, 0.6) is 5.75 Å². The van der Waals surface area contributed by atoms with Gasteiger partial charge in [-0.1, -0.05) is 35.0 Å². The Labute approximate surface area is 197 Å². The lowest BCUT2D eigenvalue weighted by molar-refractivity contribution is 0.243. The first-order valence-corrected chi connectivity index (χ1v) is 11.8. The average molecular weight is 461 g/mol. The molecule has 1 aliphatic carbocycles. The van der Waals surface area contributed by atoms with Gasteiger partial charge in [-0.25, -0.2) is 0 Å². The fourth-order valence-corrected chi connectivity index (χ4v) is 4.67. The smallest absolute Gasteiger partial charge is 0.264 e. The van der Waals surface area contributed by atoms with E-state index in [0.29, 0.717) is 16.7 Å². The van der Waals surface area contributed by atoms with Crippen LogP contribution in [0.1, 0.15) is 18.7 Å². The third kappa shape index (κ3) is 4.41. The first-order valence-electron chi connectivity index (χ1n) is 11.5. The molecule has 168 valence electrons. The molecule has 2 aliphatic rings. The summed E-state index contributed by atoms with van der Waals surface area (Å²) in [7, 11) is 0. The molecular weight excluding hydrogens is 436 g/mol. The first kappa shape index (κ1) is 20.5. The van der Waals surface area contributed by atoms with Crippen molar-refractivity contribution in [1.82, 2.24) is 15.0 Å². The van der Waals surface area contributed by atoms with Crippen LogP contribution in [0, 0.1) is 0 Å². The largest absolute Gasteiger partial charge is 0.484 e. The average Bonchev–Trinajstić information content (AvgIpc) is 3.60. The van der Waals surface area contributed by atoms with Crippen LogP contribution < -0.4 is 9.64 Å². The zero-order valence-electron chi connectivity index (χ0n) is 18.3. The lowest BCUT2D eigenvalue weighted by Gasteiger charge is -2.36. The van der Waals surface area contributed by atoms with Crippen LogP contribution in [0.15, 0.2) is 65.2 Å². The molecule has 1 saturated heterocycles. The number of ether oxygens (including phenoxy) is 1. The molecule has 33 heavy (non-hydrogen) atoms. The van der Waals surface area contributed by atoms with Crippen molar-refractivity contribution in [2.24, 2.45) is 0 Å². The lowest BCUT2D eigenvalue weighted by Crippen LogP contribution is -2.47. The number of hydrogen-bond acceptors (Lipinski definition) is 6. The Morgan fingerprint density at radius 2 is 1.79 bits per heavy atom. The second-order valence-electron chi connectivity index (χ2n) is 8.72. The van der Waals surface area contributed by atoms with Gasteiger partial charge in [0.1, 0.15) is 5.75 Å². The first-order chi connectivity index (χ1) is 16.2. The van der Waals surface area contributed by atoms with E-state index in [0.717, 1.165) is 43.5 Å².